The number of pyridine rings is 1. The number of hydrogen-bond acceptors (Lipinski definition) is 1. The van der Waals surface area contributed by atoms with Gasteiger partial charge in [0.05, 0.1) is 0 Å². The van der Waals surface area contributed by atoms with E-state index in [4.69, 9.17) is 0 Å². The van der Waals surface area contributed by atoms with Gasteiger partial charge >= 0.3 is 0 Å². The van der Waals surface area contributed by atoms with Gasteiger partial charge in [-0.3, -0.25) is 0 Å². The van der Waals surface area contributed by atoms with E-state index in [0.717, 1.165) is 16.6 Å². The molecule has 0 saturated heterocycles. The van der Waals surface area contributed by atoms with Crippen LogP contribution in [0.3, 0.4) is 0 Å². The molecule has 49 valence electrons. The molecule has 2 heterocycles. The Labute approximate surface area is 58.9 Å². The van der Waals surface area contributed by atoms with Gasteiger partial charge in [-0.25, -0.2) is 4.98 Å². The fourth-order valence-corrected chi connectivity index (χ4v) is 1.01. The molecule has 0 atom stereocenters. The first kappa shape index (κ1) is 5.47. The molecule has 2 heteroatoms. The lowest BCUT2D eigenvalue weighted by atomic mass is 10.2. The van der Waals surface area contributed by atoms with E-state index in [0.29, 0.717) is 0 Å². The summed E-state index contributed by atoms with van der Waals surface area (Å²) in [6, 6.07) is 3.91. The molecular formula is C8H7N2. The molecule has 1 radical (unpaired) electrons. The van der Waals surface area contributed by atoms with Crippen LogP contribution in [0.25, 0.3) is 11.0 Å². The first-order chi connectivity index (χ1) is 4.88. The topological polar surface area (TPSA) is 28.7 Å². The molecule has 0 spiro atoms. The fraction of sp³-hybridized carbons (Fsp3) is 0. The van der Waals surface area contributed by atoms with E-state index in [-0.39, 0.29) is 0 Å². The van der Waals surface area contributed by atoms with Gasteiger partial charge in [-0.1, -0.05) is 0 Å². The van der Waals surface area contributed by atoms with Crippen molar-refractivity contribution in [3.05, 3.63) is 37.0 Å². The van der Waals surface area contributed by atoms with Gasteiger partial charge in [-0.2, -0.15) is 0 Å². The summed E-state index contributed by atoms with van der Waals surface area (Å²) in [5.41, 5.74) is 1.91. The van der Waals surface area contributed by atoms with Crippen LogP contribution in [0.1, 0.15) is 5.56 Å². The molecule has 0 amide bonds. The van der Waals surface area contributed by atoms with E-state index in [2.05, 4.69) is 16.9 Å². The van der Waals surface area contributed by atoms with E-state index in [1.54, 1.807) is 6.20 Å². The zero-order valence-electron chi connectivity index (χ0n) is 5.46. The van der Waals surface area contributed by atoms with Gasteiger partial charge in [0.15, 0.2) is 0 Å². The van der Waals surface area contributed by atoms with Gasteiger partial charge in [0.25, 0.3) is 0 Å². The first-order valence-electron chi connectivity index (χ1n) is 3.12. The van der Waals surface area contributed by atoms with Crippen LogP contribution in [0.15, 0.2) is 24.5 Å². The third-order valence-electron chi connectivity index (χ3n) is 1.54. The van der Waals surface area contributed by atoms with Gasteiger partial charge in [-0.15, -0.1) is 0 Å². The summed E-state index contributed by atoms with van der Waals surface area (Å²) in [5.74, 6) is 0. The minimum atomic E-state index is 0.910. The summed E-state index contributed by atoms with van der Waals surface area (Å²) in [4.78, 5) is 7.12. The third kappa shape index (κ3) is 0.620. The molecule has 10 heavy (non-hydrogen) atoms. The monoisotopic (exact) mass is 131 g/mol. The number of nitrogens with zero attached hydrogens (tertiary/aromatic N) is 1. The number of H-pyrrole nitrogens is 1. The van der Waals surface area contributed by atoms with Crippen LogP contribution >= 0.6 is 0 Å². The molecule has 0 fully saturated rings. The number of rotatable bonds is 0. The van der Waals surface area contributed by atoms with Crippen LogP contribution in [0.4, 0.5) is 0 Å². The Hall–Kier alpha value is -1.31. The zero-order valence-corrected chi connectivity index (χ0v) is 5.46. The Morgan fingerprint density at radius 3 is 3.20 bits per heavy atom. The van der Waals surface area contributed by atoms with Gasteiger partial charge in [0.2, 0.25) is 0 Å². The van der Waals surface area contributed by atoms with Crippen molar-refractivity contribution in [1.82, 2.24) is 9.97 Å². The van der Waals surface area contributed by atoms with E-state index in [1.165, 1.54) is 0 Å². The summed E-state index contributed by atoms with van der Waals surface area (Å²) in [6.45, 7) is 3.84. The highest BCUT2D eigenvalue weighted by molar-refractivity contribution is 5.79. The van der Waals surface area contributed by atoms with Crippen molar-refractivity contribution in [3.63, 3.8) is 0 Å². The molecule has 0 aliphatic rings. The normalized spacial score (nSPS) is 10.5. The predicted octanol–water partition coefficient (Wildman–Crippen LogP) is 1.75. The molecule has 0 aliphatic carbocycles. The van der Waals surface area contributed by atoms with Crippen molar-refractivity contribution in [3.8, 4) is 0 Å². The van der Waals surface area contributed by atoms with Gasteiger partial charge in [-0.05, 0) is 24.6 Å². The highest BCUT2D eigenvalue weighted by Crippen LogP contribution is 2.12. The molecular weight excluding hydrogens is 124 g/mol. The van der Waals surface area contributed by atoms with Crippen molar-refractivity contribution in [2.75, 3.05) is 0 Å². The molecule has 0 bridgehead atoms. The highest BCUT2D eigenvalue weighted by Gasteiger charge is 1.96. The smallest absolute Gasteiger partial charge is 0.137 e. The minimum absolute atomic E-state index is 0.910. The van der Waals surface area contributed by atoms with Gasteiger partial charge < -0.3 is 4.98 Å². The van der Waals surface area contributed by atoms with E-state index >= 15 is 0 Å². The number of fused-ring (bicyclic) bond motifs is 1. The van der Waals surface area contributed by atoms with Crippen LogP contribution < -0.4 is 0 Å². The third-order valence-corrected chi connectivity index (χ3v) is 1.54. The van der Waals surface area contributed by atoms with Crippen molar-refractivity contribution < 1.29 is 0 Å². The summed E-state index contributed by atoms with van der Waals surface area (Å²) in [6.07, 6.45) is 3.62. The van der Waals surface area contributed by atoms with Crippen molar-refractivity contribution in [2.45, 2.75) is 0 Å². The summed E-state index contributed by atoms with van der Waals surface area (Å²) in [5, 5.41) is 1.10. The molecule has 0 aromatic carbocycles. The molecule has 2 aromatic rings. The zero-order chi connectivity index (χ0) is 6.97. The first-order valence-corrected chi connectivity index (χ1v) is 3.12. The Kier molecular flexibility index (Phi) is 1.01. The number of aromatic nitrogens is 2. The molecule has 2 rings (SSSR count). The summed E-state index contributed by atoms with van der Waals surface area (Å²) >= 11 is 0. The second kappa shape index (κ2) is 1.84. The average Bonchev–Trinajstić information content (AvgIpc) is 2.34. The SMILES string of the molecule is [CH2]c1c[nH]c2ncccc12. The van der Waals surface area contributed by atoms with Gasteiger partial charge in [0, 0.05) is 17.8 Å². The second-order valence-electron chi connectivity index (χ2n) is 2.21. The van der Waals surface area contributed by atoms with E-state index in [9.17, 15) is 0 Å². The van der Waals surface area contributed by atoms with E-state index in [1.807, 2.05) is 18.3 Å². The second-order valence-corrected chi connectivity index (χ2v) is 2.21. The average molecular weight is 131 g/mol. The Bertz CT molecular complexity index is 349. The highest BCUT2D eigenvalue weighted by atomic mass is 14.8. The Morgan fingerprint density at radius 1 is 1.50 bits per heavy atom. The summed E-state index contributed by atoms with van der Waals surface area (Å²) in [7, 11) is 0. The molecule has 1 N–H and O–H groups in total. The Balaban J connectivity index is 2.93. The number of aromatic amines is 1. The molecule has 2 aromatic heterocycles. The van der Waals surface area contributed by atoms with Crippen LogP contribution in [0, 0.1) is 6.92 Å². The van der Waals surface area contributed by atoms with Crippen LogP contribution in [-0.4, -0.2) is 9.97 Å². The standard InChI is InChI=1S/C8H7N2/c1-6-5-10-8-7(6)3-2-4-9-8/h2-5H,1H2,(H,9,10). The maximum absolute atomic E-state index is 4.11. The lowest BCUT2D eigenvalue weighted by Gasteiger charge is -1.85. The molecule has 0 aliphatic heterocycles. The minimum Gasteiger partial charge on any atom is -0.346 e. The van der Waals surface area contributed by atoms with E-state index < -0.39 is 0 Å². The largest absolute Gasteiger partial charge is 0.346 e. The molecule has 0 saturated carbocycles. The van der Waals surface area contributed by atoms with Crippen LogP contribution in [-0.2, 0) is 0 Å². The van der Waals surface area contributed by atoms with Crippen molar-refractivity contribution in [2.24, 2.45) is 0 Å². The fourth-order valence-electron chi connectivity index (χ4n) is 1.01. The molecule has 0 unspecified atom stereocenters. The maximum atomic E-state index is 4.11. The Morgan fingerprint density at radius 2 is 2.40 bits per heavy atom. The lowest BCUT2D eigenvalue weighted by Crippen LogP contribution is -1.72. The van der Waals surface area contributed by atoms with Crippen LogP contribution in [0.5, 0.6) is 0 Å². The van der Waals surface area contributed by atoms with Crippen molar-refractivity contribution in [1.29, 1.82) is 0 Å². The predicted molar refractivity (Wildman–Crippen MR) is 40.6 cm³/mol. The lowest BCUT2D eigenvalue weighted by molar-refractivity contribution is 1.32. The summed E-state index contributed by atoms with van der Waals surface area (Å²) < 4.78 is 0. The molecule has 2 nitrogen and oxygen atoms in total. The van der Waals surface area contributed by atoms with Crippen LogP contribution in [0.2, 0.25) is 0 Å². The number of nitrogens with one attached hydrogen (secondary N) is 1. The van der Waals surface area contributed by atoms with Gasteiger partial charge in [0.1, 0.15) is 5.65 Å². The maximum Gasteiger partial charge on any atom is 0.137 e. The number of hydrogen-bond donors (Lipinski definition) is 1. The quantitative estimate of drug-likeness (QED) is 0.579. The van der Waals surface area contributed by atoms with Crippen molar-refractivity contribution >= 4 is 11.0 Å².